The average Bonchev–Trinajstić information content (AvgIpc) is 2.87. The van der Waals surface area contributed by atoms with Crippen LogP contribution in [-0.2, 0) is 17.6 Å². The minimum atomic E-state index is -0.524. The first-order chi connectivity index (χ1) is 12.6. The molecule has 3 aromatic rings. The Kier molecular flexibility index (Phi) is 4.60. The lowest BCUT2D eigenvalue weighted by Crippen LogP contribution is -2.41. The normalized spacial score (nSPS) is 15.4. The monoisotopic (exact) mass is 368 g/mol. The maximum atomic E-state index is 12.8. The summed E-state index contributed by atoms with van der Waals surface area (Å²) in [4.78, 5) is 18.2. The zero-order valence-corrected chi connectivity index (χ0v) is 15.4. The first-order valence-corrected chi connectivity index (χ1v) is 9.29. The van der Waals surface area contributed by atoms with Crippen LogP contribution in [-0.4, -0.2) is 35.0 Å². The highest BCUT2D eigenvalue weighted by molar-refractivity contribution is 6.30. The molecule has 4 nitrogen and oxygen atoms in total. The predicted octanol–water partition coefficient (Wildman–Crippen LogP) is 4.22. The van der Waals surface area contributed by atoms with Gasteiger partial charge in [-0.05, 0) is 49.2 Å². The molecule has 0 fully saturated rings. The highest BCUT2D eigenvalue weighted by atomic mass is 35.5. The number of rotatable bonds is 3. The van der Waals surface area contributed by atoms with Crippen molar-refractivity contribution in [3.05, 3.63) is 64.8 Å². The van der Waals surface area contributed by atoms with Gasteiger partial charge in [-0.25, -0.2) is 0 Å². The molecule has 4 rings (SSSR count). The van der Waals surface area contributed by atoms with E-state index in [4.69, 9.17) is 16.3 Å². The number of para-hydroxylation sites is 1. The minimum absolute atomic E-state index is 0.0226. The van der Waals surface area contributed by atoms with Crippen molar-refractivity contribution in [2.24, 2.45) is 0 Å². The molecule has 5 heteroatoms. The summed E-state index contributed by atoms with van der Waals surface area (Å²) in [5, 5.41) is 1.92. The highest BCUT2D eigenvalue weighted by Crippen LogP contribution is 2.26. The van der Waals surface area contributed by atoms with Gasteiger partial charge in [0.15, 0.2) is 6.10 Å². The van der Waals surface area contributed by atoms with E-state index >= 15 is 0 Å². The number of benzene rings is 2. The van der Waals surface area contributed by atoms with Crippen LogP contribution in [0.4, 0.5) is 0 Å². The summed E-state index contributed by atoms with van der Waals surface area (Å²) < 4.78 is 5.80. The van der Waals surface area contributed by atoms with Crippen molar-refractivity contribution in [1.29, 1.82) is 0 Å². The Hall–Kier alpha value is -2.46. The number of H-pyrrole nitrogens is 1. The van der Waals surface area contributed by atoms with Crippen molar-refractivity contribution >= 4 is 28.4 Å². The summed E-state index contributed by atoms with van der Waals surface area (Å²) in [5.41, 5.74) is 3.76. The van der Waals surface area contributed by atoms with Gasteiger partial charge in [0.1, 0.15) is 5.75 Å². The van der Waals surface area contributed by atoms with Gasteiger partial charge in [-0.15, -0.1) is 0 Å². The third-order valence-corrected chi connectivity index (χ3v) is 5.20. The molecule has 134 valence electrons. The Labute approximate surface area is 157 Å². The van der Waals surface area contributed by atoms with E-state index in [-0.39, 0.29) is 5.91 Å². The quantitative estimate of drug-likeness (QED) is 0.752. The number of carbonyl (C=O) groups is 1. The fourth-order valence-electron chi connectivity index (χ4n) is 3.61. The van der Waals surface area contributed by atoms with Crippen molar-refractivity contribution in [2.45, 2.75) is 25.9 Å². The van der Waals surface area contributed by atoms with E-state index in [0.717, 1.165) is 12.8 Å². The lowest BCUT2D eigenvalue weighted by Gasteiger charge is -2.24. The summed E-state index contributed by atoms with van der Waals surface area (Å²) in [6, 6.07) is 15.4. The van der Waals surface area contributed by atoms with E-state index in [2.05, 4.69) is 23.2 Å². The lowest BCUT2D eigenvalue weighted by molar-refractivity contribution is -0.137. The number of amides is 1. The SMILES string of the molecule is CC(Oc1ccc(Cl)cc1)C(=O)N1CCc2[nH]c3ccccc3c2CC1. The number of fused-ring (bicyclic) bond motifs is 3. The molecule has 2 heterocycles. The second-order valence-electron chi connectivity index (χ2n) is 6.67. The van der Waals surface area contributed by atoms with Gasteiger partial charge in [-0.2, -0.15) is 0 Å². The van der Waals surface area contributed by atoms with E-state index in [1.165, 1.54) is 22.2 Å². The number of aromatic amines is 1. The summed E-state index contributed by atoms with van der Waals surface area (Å²) in [5.74, 6) is 0.677. The first kappa shape index (κ1) is 17.0. The van der Waals surface area contributed by atoms with Crippen LogP contribution in [0.3, 0.4) is 0 Å². The second-order valence-corrected chi connectivity index (χ2v) is 7.10. The van der Waals surface area contributed by atoms with Gasteiger partial charge >= 0.3 is 0 Å². The molecular weight excluding hydrogens is 348 g/mol. The van der Waals surface area contributed by atoms with Crippen molar-refractivity contribution in [2.75, 3.05) is 13.1 Å². The van der Waals surface area contributed by atoms with Crippen LogP contribution in [0.15, 0.2) is 48.5 Å². The van der Waals surface area contributed by atoms with Crippen LogP contribution in [0, 0.1) is 0 Å². The number of nitrogens with one attached hydrogen (secondary N) is 1. The van der Waals surface area contributed by atoms with Crippen molar-refractivity contribution in [3.63, 3.8) is 0 Å². The van der Waals surface area contributed by atoms with Crippen LogP contribution in [0.1, 0.15) is 18.2 Å². The van der Waals surface area contributed by atoms with Gasteiger partial charge in [0.2, 0.25) is 0 Å². The molecule has 1 unspecified atom stereocenters. The topological polar surface area (TPSA) is 45.3 Å². The molecule has 26 heavy (non-hydrogen) atoms. The molecule has 0 aliphatic carbocycles. The number of carbonyl (C=O) groups excluding carboxylic acids is 1. The van der Waals surface area contributed by atoms with E-state index in [0.29, 0.717) is 23.9 Å². The van der Waals surface area contributed by atoms with Crippen LogP contribution in [0.5, 0.6) is 5.75 Å². The zero-order chi connectivity index (χ0) is 18.1. The van der Waals surface area contributed by atoms with Crippen molar-refractivity contribution < 1.29 is 9.53 Å². The van der Waals surface area contributed by atoms with Gasteiger partial charge in [-0.3, -0.25) is 4.79 Å². The third kappa shape index (κ3) is 3.29. The molecule has 1 atom stereocenters. The number of nitrogens with zero attached hydrogens (tertiary/aromatic N) is 1. The molecule has 1 N–H and O–H groups in total. The predicted molar refractivity (Wildman–Crippen MR) is 104 cm³/mol. The molecular formula is C21H21ClN2O2. The van der Waals surface area contributed by atoms with Crippen LogP contribution in [0.2, 0.25) is 5.02 Å². The first-order valence-electron chi connectivity index (χ1n) is 8.91. The molecule has 1 aromatic heterocycles. The molecule has 0 saturated carbocycles. The number of hydrogen-bond acceptors (Lipinski definition) is 2. The van der Waals surface area contributed by atoms with Crippen molar-refractivity contribution in [3.8, 4) is 5.75 Å². The van der Waals surface area contributed by atoms with E-state index in [1.807, 2.05) is 11.0 Å². The van der Waals surface area contributed by atoms with Crippen LogP contribution >= 0.6 is 11.6 Å². The molecule has 1 aliphatic rings. The van der Waals surface area contributed by atoms with Gasteiger partial charge in [0.25, 0.3) is 5.91 Å². The average molecular weight is 369 g/mol. The molecule has 0 bridgehead atoms. The molecule has 0 spiro atoms. The zero-order valence-electron chi connectivity index (χ0n) is 14.7. The summed E-state index contributed by atoms with van der Waals surface area (Å²) >= 11 is 5.89. The molecule has 1 amide bonds. The van der Waals surface area contributed by atoms with E-state index in [9.17, 15) is 4.79 Å². The van der Waals surface area contributed by atoms with Crippen LogP contribution in [0.25, 0.3) is 10.9 Å². The minimum Gasteiger partial charge on any atom is -0.481 e. The number of hydrogen-bond donors (Lipinski definition) is 1. The summed E-state index contributed by atoms with van der Waals surface area (Å²) in [7, 11) is 0. The Morgan fingerprint density at radius 1 is 1.12 bits per heavy atom. The maximum Gasteiger partial charge on any atom is 0.263 e. The molecule has 2 aromatic carbocycles. The number of ether oxygens (including phenoxy) is 1. The maximum absolute atomic E-state index is 12.8. The molecule has 0 saturated heterocycles. The fraction of sp³-hybridized carbons (Fsp3) is 0.286. The Balaban J connectivity index is 1.45. The van der Waals surface area contributed by atoms with Gasteiger partial charge in [0, 0.05) is 41.1 Å². The largest absolute Gasteiger partial charge is 0.481 e. The van der Waals surface area contributed by atoms with E-state index in [1.54, 1.807) is 31.2 Å². The number of aromatic nitrogens is 1. The lowest BCUT2D eigenvalue weighted by atomic mass is 10.1. The summed E-state index contributed by atoms with van der Waals surface area (Å²) in [6.07, 6.45) is 1.17. The standard InChI is InChI=1S/C21H21ClN2O2/c1-14(26-16-8-6-15(22)7-9-16)21(25)24-12-10-18-17-4-2-3-5-19(17)23-20(18)11-13-24/h2-9,14,23H,10-13H2,1H3. The highest BCUT2D eigenvalue weighted by Gasteiger charge is 2.25. The van der Waals surface area contributed by atoms with E-state index < -0.39 is 6.10 Å². The summed E-state index contributed by atoms with van der Waals surface area (Å²) in [6.45, 7) is 3.21. The Morgan fingerprint density at radius 2 is 1.85 bits per heavy atom. The second kappa shape index (κ2) is 7.04. The van der Waals surface area contributed by atoms with Crippen LogP contribution < -0.4 is 4.74 Å². The van der Waals surface area contributed by atoms with Gasteiger partial charge in [0.05, 0.1) is 0 Å². The van der Waals surface area contributed by atoms with Gasteiger partial charge < -0.3 is 14.6 Å². The fourth-order valence-corrected chi connectivity index (χ4v) is 3.73. The smallest absolute Gasteiger partial charge is 0.263 e. The Morgan fingerprint density at radius 3 is 2.65 bits per heavy atom. The van der Waals surface area contributed by atoms with Gasteiger partial charge in [-0.1, -0.05) is 29.8 Å². The molecule has 0 radical (unpaired) electrons. The molecule has 1 aliphatic heterocycles. The third-order valence-electron chi connectivity index (χ3n) is 4.95. The number of halogens is 1. The Bertz CT molecular complexity index is 933. The van der Waals surface area contributed by atoms with Crippen molar-refractivity contribution in [1.82, 2.24) is 9.88 Å².